The molecule has 0 saturated carbocycles. The van der Waals surface area contributed by atoms with E-state index in [-0.39, 0.29) is 12.2 Å². The molecule has 13 heavy (non-hydrogen) atoms. The number of rotatable bonds is 0. The molecular formula is C8H8N2O3. The Labute approximate surface area is 73.7 Å². The quantitative estimate of drug-likeness (QED) is 0.473. The second-order valence-corrected chi connectivity index (χ2v) is 2.37. The summed E-state index contributed by atoms with van der Waals surface area (Å²) in [6.45, 7) is -0.317. The van der Waals surface area contributed by atoms with Crippen LogP contribution in [0.2, 0.25) is 0 Å². The molecule has 0 spiro atoms. The predicted molar refractivity (Wildman–Crippen MR) is 46.3 cm³/mol. The minimum atomic E-state index is -0.538. The highest BCUT2D eigenvalue weighted by molar-refractivity contribution is 5.29. The van der Waals surface area contributed by atoms with Crippen LogP contribution in [0.1, 0.15) is 5.56 Å². The van der Waals surface area contributed by atoms with Crippen LogP contribution in [0.15, 0.2) is 15.8 Å². The van der Waals surface area contributed by atoms with Crippen molar-refractivity contribution >= 4 is 0 Å². The topological polar surface area (TPSA) is 75.1 Å². The number of hydrogen-bond acceptors (Lipinski definition) is 3. The number of aliphatic hydroxyl groups excluding tert-OH is 1. The Morgan fingerprint density at radius 2 is 2.31 bits per heavy atom. The van der Waals surface area contributed by atoms with Crippen molar-refractivity contribution in [2.75, 3.05) is 6.61 Å². The lowest BCUT2D eigenvalue weighted by Gasteiger charge is -1.94. The zero-order valence-corrected chi connectivity index (χ0v) is 7.00. The fourth-order valence-electron chi connectivity index (χ4n) is 0.787. The maximum absolute atomic E-state index is 11.0. The number of nitrogens with one attached hydrogen (secondary N) is 1. The molecular weight excluding hydrogens is 172 g/mol. The molecule has 1 rings (SSSR count). The molecule has 1 aromatic rings. The van der Waals surface area contributed by atoms with E-state index < -0.39 is 11.2 Å². The Hall–Kier alpha value is -1.80. The van der Waals surface area contributed by atoms with Crippen molar-refractivity contribution in [1.82, 2.24) is 9.55 Å². The summed E-state index contributed by atoms with van der Waals surface area (Å²) >= 11 is 0. The van der Waals surface area contributed by atoms with Gasteiger partial charge in [-0.25, -0.2) is 4.79 Å². The third kappa shape index (κ3) is 2.07. The van der Waals surface area contributed by atoms with E-state index in [0.29, 0.717) is 0 Å². The molecule has 1 heterocycles. The summed E-state index contributed by atoms with van der Waals surface area (Å²) in [6.07, 6.45) is 1.32. The standard InChI is InChI=1S/C8H8N2O3/c1-10-5-6(3-2-4-11)7(12)9-8(10)13/h5,11H,4H2,1H3,(H,9,12,13). The predicted octanol–water partition coefficient (Wildman–Crippen LogP) is -1.58. The van der Waals surface area contributed by atoms with Crippen LogP contribution in [-0.4, -0.2) is 21.3 Å². The molecule has 5 heteroatoms. The molecule has 68 valence electrons. The van der Waals surface area contributed by atoms with Crippen LogP contribution in [0, 0.1) is 11.8 Å². The van der Waals surface area contributed by atoms with Crippen LogP contribution >= 0.6 is 0 Å². The highest BCUT2D eigenvalue weighted by atomic mass is 16.2. The third-order valence-electron chi connectivity index (χ3n) is 1.41. The fraction of sp³-hybridized carbons (Fsp3) is 0.250. The number of aryl methyl sites for hydroxylation is 1. The molecule has 1 aromatic heterocycles. The van der Waals surface area contributed by atoms with Crippen LogP contribution in [-0.2, 0) is 7.05 Å². The van der Waals surface area contributed by atoms with Gasteiger partial charge in [0.05, 0.1) is 0 Å². The van der Waals surface area contributed by atoms with E-state index in [4.69, 9.17) is 5.11 Å². The molecule has 0 atom stereocenters. The van der Waals surface area contributed by atoms with E-state index in [1.165, 1.54) is 17.8 Å². The van der Waals surface area contributed by atoms with Gasteiger partial charge in [0, 0.05) is 13.2 Å². The van der Waals surface area contributed by atoms with Gasteiger partial charge >= 0.3 is 5.69 Å². The van der Waals surface area contributed by atoms with Gasteiger partial charge in [0.25, 0.3) is 5.56 Å². The molecule has 0 aliphatic rings. The molecule has 0 radical (unpaired) electrons. The monoisotopic (exact) mass is 180 g/mol. The average molecular weight is 180 g/mol. The molecule has 0 unspecified atom stereocenters. The zero-order chi connectivity index (χ0) is 9.84. The smallest absolute Gasteiger partial charge is 0.328 e. The summed E-state index contributed by atoms with van der Waals surface area (Å²) in [7, 11) is 1.50. The largest absolute Gasteiger partial charge is 0.384 e. The minimum absolute atomic E-state index is 0.163. The second kappa shape index (κ2) is 3.74. The average Bonchev–Trinajstić information content (AvgIpc) is 2.09. The van der Waals surface area contributed by atoms with Crippen molar-refractivity contribution < 1.29 is 5.11 Å². The molecule has 5 nitrogen and oxygen atoms in total. The van der Waals surface area contributed by atoms with E-state index >= 15 is 0 Å². The van der Waals surface area contributed by atoms with Gasteiger partial charge in [-0.1, -0.05) is 11.8 Å². The van der Waals surface area contributed by atoms with E-state index in [1.54, 1.807) is 0 Å². The van der Waals surface area contributed by atoms with Crippen LogP contribution < -0.4 is 11.2 Å². The zero-order valence-electron chi connectivity index (χ0n) is 7.00. The van der Waals surface area contributed by atoms with E-state index in [2.05, 4.69) is 16.8 Å². The van der Waals surface area contributed by atoms with Crippen molar-refractivity contribution in [2.45, 2.75) is 0 Å². The van der Waals surface area contributed by atoms with Gasteiger partial charge in [0.2, 0.25) is 0 Å². The third-order valence-corrected chi connectivity index (χ3v) is 1.41. The number of nitrogens with zero attached hydrogens (tertiary/aromatic N) is 1. The summed E-state index contributed by atoms with van der Waals surface area (Å²) in [4.78, 5) is 24.0. The number of aliphatic hydroxyl groups is 1. The van der Waals surface area contributed by atoms with E-state index in [9.17, 15) is 9.59 Å². The maximum Gasteiger partial charge on any atom is 0.328 e. The first kappa shape index (κ1) is 9.29. The normalized spacial score (nSPS) is 9.08. The van der Waals surface area contributed by atoms with Crippen LogP contribution in [0.25, 0.3) is 0 Å². The van der Waals surface area contributed by atoms with Crippen molar-refractivity contribution in [3.05, 3.63) is 32.6 Å². The second-order valence-electron chi connectivity index (χ2n) is 2.37. The summed E-state index contributed by atoms with van der Waals surface area (Å²) in [6, 6.07) is 0. The van der Waals surface area contributed by atoms with Gasteiger partial charge in [-0.2, -0.15) is 0 Å². The summed E-state index contributed by atoms with van der Waals surface area (Å²) in [5.74, 6) is 4.75. The lowest BCUT2D eigenvalue weighted by atomic mass is 10.3. The number of aromatic nitrogens is 2. The Kier molecular flexibility index (Phi) is 2.67. The molecule has 2 N–H and O–H groups in total. The van der Waals surface area contributed by atoms with Crippen molar-refractivity contribution in [1.29, 1.82) is 0 Å². The molecule has 0 aliphatic carbocycles. The molecule has 0 saturated heterocycles. The highest BCUT2D eigenvalue weighted by Gasteiger charge is 1.97. The Morgan fingerprint density at radius 1 is 1.62 bits per heavy atom. The first-order valence-electron chi connectivity index (χ1n) is 3.55. The fourth-order valence-corrected chi connectivity index (χ4v) is 0.787. The summed E-state index contributed by atoms with van der Waals surface area (Å²) < 4.78 is 1.21. The van der Waals surface area contributed by atoms with E-state index in [0.717, 1.165) is 0 Å². The number of H-pyrrole nitrogens is 1. The number of hydrogen-bond donors (Lipinski definition) is 2. The summed E-state index contributed by atoms with van der Waals surface area (Å²) in [5.41, 5.74) is -0.861. The lowest BCUT2D eigenvalue weighted by Crippen LogP contribution is -2.29. The van der Waals surface area contributed by atoms with Gasteiger partial charge in [-0.3, -0.25) is 9.78 Å². The van der Waals surface area contributed by atoms with Gasteiger partial charge in [-0.05, 0) is 0 Å². The molecule has 0 aromatic carbocycles. The molecule has 0 amide bonds. The lowest BCUT2D eigenvalue weighted by molar-refractivity contribution is 0.350. The van der Waals surface area contributed by atoms with Crippen molar-refractivity contribution in [3.8, 4) is 11.8 Å². The van der Waals surface area contributed by atoms with Gasteiger partial charge in [0.1, 0.15) is 12.2 Å². The highest BCUT2D eigenvalue weighted by Crippen LogP contribution is 1.80. The molecule has 0 aliphatic heterocycles. The van der Waals surface area contributed by atoms with Crippen LogP contribution in [0.5, 0.6) is 0 Å². The Balaban J connectivity index is 3.32. The van der Waals surface area contributed by atoms with E-state index in [1.807, 2.05) is 0 Å². The molecule has 0 bridgehead atoms. The van der Waals surface area contributed by atoms with Crippen LogP contribution in [0.4, 0.5) is 0 Å². The number of aromatic amines is 1. The first-order valence-corrected chi connectivity index (χ1v) is 3.55. The Bertz CT molecular complexity index is 473. The van der Waals surface area contributed by atoms with Crippen LogP contribution in [0.3, 0.4) is 0 Å². The van der Waals surface area contributed by atoms with Crippen molar-refractivity contribution in [2.24, 2.45) is 7.05 Å². The van der Waals surface area contributed by atoms with Gasteiger partial charge < -0.3 is 9.67 Å². The first-order chi connectivity index (χ1) is 6.15. The summed E-state index contributed by atoms with van der Waals surface area (Å²) in [5, 5.41) is 8.39. The SMILES string of the molecule is Cn1cc(C#CCO)c(=O)[nH]c1=O. The molecule has 0 fully saturated rings. The van der Waals surface area contributed by atoms with Crippen molar-refractivity contribution in [3.63, 3.8) is 0 Å². The van der Waals surface area contributed by atoms with Gasteiger partial charge in [0.15, 0.2) is 0 Å². The maximum atomic E-state index is 11.0. The Morgan fingerprint density at radius 3 is 2.92 bits per heavy atom. The van der Waals surface area contributed by atoms with Gasteiger partial charge in [-0.15, -0.1) is 0 Å². The minimum Gasteiger partial charge on any atom is -0.384 e.